The molecule has 0 saturated heterocycles. The van der Waals surface area contributed by atoms with Gasteiger partial charge in [-0.25, -0.2) is 4.68 Å². The van der Waals surface area contributed by atoms with E-state index in [-0.39, 0.29) is 17.0 Å². The predicted molar refractivity (Wildman–Crippen MR) is 114 cm³/mol. The van der Waals surface area contributed by atoms with Crippen LogP contribution in [0.1, 0.15) is 37.0 Å². The van der Waals surface area contributed by atoms with Crippen LogP contribution in [0, 0.1) is 0 Å². The van der Waals surface area contributed by atoms with Crippen molar-refractivity contribution in [2.24, 2.45) is 0 Å². The van der Waals surface area contributed by atoms with Crippen molar-refractivity contribution in [1.29, 1.82) is 0 Å². The van der Waals surface area contributed by atoms with Gasteiger partial charge >= 0.3 is 0 Å². The molecule has 0 aliphatic rings. The molecule has 3 aromatic rings. The summed E-state index contributed by atoms with van der Waals surface area (Å²) in [5.74, 6) is -0.112. The van der Waals surface area contributed by atoms with Gasteiger partial charge in [-0.1, -0.05) is 54.9 Å². The second kappa shape index (κ2) is 8.85. The lowest BCUT2D eigenvalue weighted by molar-refractivity contribution is 0.0982. The molecule has 0 radical (unpaired) electrons. The van der Waals surface area contributed by atoms with Crippen LogP contribution in [0.5, 0.6) is 0 Å². The number of carbonyl (C=O) groups is 1. The molecule has 0 amide bonds. The Hall–Kier alpha value is -2.92. The van der Waals surface area contributed by atoms with E-state index in [0.29, 0.717) is 41.4 Å². The van der Waals surface area contributed by atoms with Gasteiger partial charge in [0.2, 0.25) is 0 Å². The number of nitrogens with one attached hydrogen (secondary N) is 1. The van der Waals surface area contributed by atoms with Crippen molar-refractivity contribution in [1.82, 2.24) is 9.78 Å². The minimum atomic E-state index is -0.332. The lowest BCUT2D eigenvalue weighted by Gasteiger charge is -2.17. The van der Waals surface area contributed by atoms with Crippen LogP contribution in [0.25, 0.3) is 11.3 Å². The van der Waals surface area contributed by atoms with Gasteiger partial charge in [-0.3, -0.25) is 9.59 Å². The highest BCUT2D eigenvalue weighted by atomic mass is 35.5. The quantitative estimate of drug-likeness (QED) is 0.550. The van der Waals surface area contributed by atoms with Crippen molar-refractivity contribution in [3.63, 3.8) is 0 Å². The van der Waals surface area contributed by atoms with Gasteiger partial charge in [0.25, 0.3) is 5.56 Å². The standard InChI is InChI=1S/C22H22ClN3O2/c1-3-9-18(27)19-20(15-10-6-5-7-11-15)25-26(4-2)22(28)21(19)24-17-13-8-12-16(23)14-17/h5-8,10-14,24H,3-4,9H2,1-2H3. The van der Waals surface area contributed by atoms with Gasteiger partial charge < -0.3 is 5.32 Å². The topological polar surface area (TPSA) is 64.0 Å². The summed E-state index contributed by atoms with van der Waals surface area (Å²) in [5.41, 5.74) is 2.16. The molecule has 0 fully saturated rings. The number of halogens is 1. The minimum Gasteiger partial charge on any atom is -0.350 e. The first-order chi connectivity index (χ1) is 13.5. The average Bonchev–Trinajstić information content (AvgIpc) is 2.70. The van der Waals surface area contributed by atoms with Crippen LogP contribution in [-0.4, -0.2) is 15.6 Å². The average molecular weight is 396 g/mol. The predicted octanol–water partition coefficient (Wildman–Crippen LogP) is 5.31. The molecule has 1 aromatic heterocycles. The molecule has 0 aliphatic carbocycles. The van der Waals surface area contributed by atoms with E-state index < -0.39 is 0 Å². The maximum atomic E-state index is 13.1. The highest BCUT2D eigenvalue weighted by Gasteiger charge is 2.23. The van der Waals surface area contributed by atoms with Crippen LogP contribution in [0.3, 0.4) is 0 Å². The van der Waals surface area contributed by atoms with Crippen molar-refractivity contribution >= 4 is 28.8 Å². The van der Waals surface area contributed by atoms with E-state index in [2.05, 4.69) is 10.4 Å². The number of rotatable bonds is 7. The van der Waals surface area contributed by atoms with Gasteiger partial charge in [-0.05, 0) is 31.5 Å². The van der Waals surface area contributed by atoms with Crippen molar-refractivity contribution in [2.75, 3.05) is 5.32 Å². The van der Waals surface area contributed by atoms with Crippen LogP contribution in [-0.2, 0) is 6.54 Å². The van der Waals surface area contributed by atoms with Crippen LogP contribution >= 0.6 is 11.6 Å². The molecule has 0 atom stereocenters. The maximum Gasteiger partial charge on any atom is 0.291 e. The van der Waals surface area contributed by atoms with E-state index >= 15 is 0 Å². The largest absolute Gasteiger partial charge is 0.350 e. The Balaban J connectivity index is 2.28. The van der Waals surface area contributed by atoms with Crippen LogP contribution < -0.4 is 10.9 Å². The number of Topliss-reactive ketones (excluding diaryl/α,β-unsaturated/α-hetero) is 1. The van der Waals surface area contributed by atoms with Crippen LogP contribution in [0.2, 0.25) is 5.02 Å². The fraction of sp³-hybridized carbons (Fsp3) is 0.227. The van der Waals surface area contributed by atoms with E-state index in [1.165, 1.54) is 4.68 Å². The number of hydrogen-bond donors (Lipinski definition) is 1. The molecule has 0 saturated carbocycles. The van der Waals surface area contributed by atoms with Gasteiger partial charge in [0.1, 0.15) is 11.4 Å². The van der Waals surface area contributed by atoms with Gasteiger partial charge in [0, 0.05) is 29.2 Å². The number of nitrogens with zero attached hydrogens (tertiary/aromatic N) is 2. The normalized spacial score (nSPS) is 10.7. The highest BCUT2D eigenvalue weighted by Crippen LogP contribution is 2.29. The first kappa shape index (κ1) is 19.8. The Kier molecular flexibility index (Phi) is 6.26. The molecular formula is C22H22ClN3O2. The molecule has 0 aliphatic heterocycles. The Morgan fingerprint density at radius 3 is 2.50 bits per heavy atom. The second-order valence-corrected chi connectivity index (χ2v) is 6.83. The van der Waals surface area contributed by atoms with Crippen LogP contribution in [0.15, 0.2) is 59.4 Å². The number of carbonyl (C=O) groups excluding carboxylic acids is 1. The number of anilines is 2. The zero-order valence-corrected chi connectivity index (χ0v) is 16.7. The van der Waals surface area contributed by atoms with Crippen molar-refractivity contribution in [2.45, 2.75) is 33.2 Å². The van der Waals surface area contributed by atoms with Gasteiger partial charge in [-0.2, -0.15) is 5.10 Å². The lowest BCUT2D eigenvalue weighted by atomic mass is 9.99. The van der Waals surface area contributed by atoms with E-state index in [1.54, 1.807) is 24.3 Å². The maximum absolute atomic E-state index is 13.1. The molecule has 1 heterocycles. The van der Waals surface area contributed by atoms with Crippen LogP contribution in [0.4, 0.5) is 11.4 Å². The zero-order valence-electron chi connectivity index (χ0n) is 15.9. The summed E-state index contributed by atoms with van der Waals surface area (Å²) in [6.45, 7) is 4.18. The minimum absolute atomic E-state index is 0.112. The molecule has 144 valence electrons. The van der Waals surface area contributed by atoms with Crippen molar-refractivity contribution in [3.05, 3.63) is 75.5 Å². The monoisotopic (exact) mass is 395 g/mol. The molecule has 5 nitrogen and oxygen atoms in total. The number of hydrogen-bond acceptors (Lipinski definition) is 4. The first-order valence-electron chi connectivity index (χ1n) is 9.31. The fourth-order valence-corrected chi connectivity index (χ4v) is 3.22. The number of aryl methyl sites for hydroxylation is 1. The molecule has 0 unspecified atom stereocenters. The summed E-state index contributed by atoms with van der Waals surface area (Å²) in [6, 6.07) is 16.5. The molecular weight excluding hydrogens is 374 g/mol. The lowest BCUT2D eigenvalue weighted by Crippen LogP contribution is -2.28. The van der Waals surface area contributed by atoms with Crippen molar-refractivity contribution < 1.29 is 4.79 Å². The SMILES string of the molecule is CCCC(=O)c1c(-c2ccccc2)nn(CC)c(=O)c1Nc1cccc(Cl)c1. The third-order valence-corrected chi connectivity index (χ3v) is 4.59. The summed E-state index contributed by atoms with van der Waals surface area (Å²) in [6.07, 6.45) is 1.02. The fourth-order valence-electron chi connectivity index (χ4n) is 3.03. The number of benzene rings is 2. The molecule has 0 bridgehead atoms. The molecule has 28 heavy (non-hydrogen) atoms. The molecule has 3 rings (SSSR count). The molecule has 6 heteroatoms. The number of ketones is 1. The Morgan fingerprint density at radius 1 is 1.11 bits per heavy atom. The summed E-state index contributed by atoms with van der Waals surface area (Å²) in [5, 5.41) is 8.17. The van der Waals surface area contributed by atoms with E-state index in [9.17, 15) is 9.59 Å². The Bertz CT molecular complexity index is 1050. The zero-order chi connectivity index (χ0) is 20.1. The number of aromatic nitrogens is 2. The summed E-state index contributed by atoms with van der Waals surface area (Å²) in [4.78, 5) is 26.1. The third kappa shape index (κ3) is 4.15. The molecule has 2 aromatic carbocycles. The van der Waals surface area contributed by atoms with Gasteiger partial charge in [0.15, 0.2) is 5.78 Å². The van der Waals surface area contributed by atoms with Gasteiger partial charge in [-0.15, -0.1) is 0 Å². The second-order valence-electron chi connectivity index (χ2n) is 6.39. The summed E-state index contributed by atoms with van der Waals surface area (Å²) in [7, 11) is 0. The Morgan fingerprint density at radius 2 is 1.86 bits per heavy atom. The van der Waals surface area contributed by atoms with Crippen molar-refractivity contribution in [3.8, 4) is 11.3 Å². The summed E-state index contributed by atoms with van der Waals surface area (Å²) >= 11 is 6.09. The molecule has 1 N–H and O–H groups in total. The third-order valence-electron chi connectivity index (χ3n) is 4.35. The first-order valence-corrected chi connectivity index (χ1v) is 9.69. The molecule has 0 spiro atoms. The van der Waals surface area contributed by atoms with Gasteiger partial charge in [0.05, 0.1) is 5.56 Å². The van der Waals surface area contributed by atoms with E-state index in [0.717, 1.165) is 5.56 Å². The Labute approximate surface area is 169 Å². The smallest absolute Gasteiger partial charge is 0.291 e. The highest BCUT2D eigenvalue weighted by molar-refractivity contribution is 6.30. The van der Waals surface area contributed by atoms with E-state index in [1.807, 2.05) is 44.2 Å². The summed E-state index contributed by atoms with van der Waals surface area (Å²) < 4.78 is 1.37. The van der Waals surface area contributed by atoms with E-state index in [4.69, 9.17) is 11.6 Å².